The molecule has 7 heteroatoms. The number of hydrazone groups is 1. The summed E-state index contributed by atoms with van der Waals surface area (Å²) in [5, 5.41) is 7.64. The van der Waals surface area contributed by atoms with Gasteiger partial charge in [-0.05, 0) is 23.6 Å². The fourth-order valence-electron chi connectivity index (χ4n) is 1.31. The third-order valence-corrected chi connectivity index (χ3v) is 3.04. The molecule has 1 heterocycles. The van der Waals surface area contributed by atoms with Gasteiger partial charge in [0.2, 0.25) is 0 Å². The Morgan fingerprint density at radius 3 is 2.65 bits per heavy atom. The van der Waals surface area contributed by atoms with Gasteiger partial charge in [-0.2, -0.15) is 5.10 Å². The number of para-hydroxylation sites is 1. The first-order valence-electron chi connectivity index (χ1n) is 5.59. The zero-order valence-electron chi connectivity index (χ0n) is 10.2. The number of carbonyl (C=O) groups is 2. The van der Waals surface area contributed by atoms with Crippen molar-refractivity contribution in [3.05, 3.63) is 52.5 Å². The lowest BCUT2D eigenvalue weighted by Crippen LogP contribution is -2.32. The molecule has 1 aromatic heterocycles. The van der Waals surface area contributed by atoms with Crippen molar-refractivity contribution in [2.24, 2.45) is 5.10 Å². The molecule has 0 radical (unpaired) electrons. The molecule has 2 aromatic rings. The maximum Gasteiger partial charge on any atom is 0.329 e. The van der Waals surface area contributed by atoms with Gasteiger partial charge in [0, 0.05) is 4.88 Å². The zero-order valence-corrected chi connectivity index (χ0v) is 11.0. The van der Waals surface area contributed by atoms with Crippen LogP contribution in [0.25, 0.3) is 0 Å². The van der Waals surface area contributed by atoms with E-state index in [1.54, 1.807) is 12.1 Å². The molecule has 0 saturated heterocycles. The van der Waals surface area contributed by atoms with Crippen molar-refractivity contribution in [3.63, 3.8) is 0 Å². The SMILES string of the molecule is O=C(N/N=C/c1cccs1)C(=O)Nc1ccccc1F. The van der Waals surface area contributed by atoms with Gasteiger partial charge in [-0.1, -0.05) is 18.2 Å². The van der Waals surface area contributed by atoms with Gasteiger partial charge in [0.1, 0.15) is 5.82 Å². The van der Waals surface area contributed by atoms with Crippen LogP contribution in [0.15, 0.2) is 46.9 Å². The van der Waals surface area contributed by atoms with Crippen molar-refractivity contribution in [1.82, 2.24) is 5.43 Å². The van der Waals surface area contributed by atoms with Crippen LogP contribution in [0.1, 0.15) is 4.88 Å². The Balaban J connectivity index is 1.89. The number of hydrogen-bond acceptors (Lipinski definition) is 4. The Hall–Kier alpha value is -2.54. The molecular weight excluding hydrogens is 281 g/mol. The summed E-state index contributed by atoms with van der Waals surface area (Å²) >= 11 is 1.44. The average molecular weight is 291 g/mol. The largest absolute Gasteiger partial charge is 0.329 e. The Kier molecular flexibility index (Phi) is 4.56. The summed E-state index contributed by atoms with van der Waals surface area (Å²) in [6.07, 6.45) is 1.42. The molecule has 102 valence electrons. The second-order valence-electron chi connectivity index (χ2n) is 3.65. The number of nitrogens with one attached hydrogen (secondary N) is 2. The standard InChI is InChI=1S/C13H10FN3O2S/c14-10-5-1-2-6-11(10)16-12(18)13(19)17-15-8-9-4-3-7-20-9/h1-8H,(H,16,18)(H,17,19)/b15-8+. The first-order valence-corrected chi connectivity index (χ1v) is 6.47. The Morgan fingerprint density at radius 2 is 1.95 bits per heavy atom. The lowest BCUT2D eigenvalue weighted by Gasteiger charge is -2.04. The van der Waals surface area contributed by atoms with Crippen LogP contribution in [0, 0.1) is 5.82 Å². The zero-order chi connectivity index (χ0) is 14.4. The van der Waals surface area contributed by atoms with E-state index in [2.05, 4.69) is 15.8 Å². The first-order chi connectivity index (χ1) is 9.66. The van der Waals surface area contributed by atoms with Crippen LogP contribution in [0.4, 0.5) is 10.1 Å². The Labute approximate surface area is 118 Å². The molecule has 2 N–H and O–H groups in total. The number of thiophene rings is 1. The Morgan fingerprint density at radius 1 is 1.15 bits per heavy atom. The Bertz CT molecular complexity index is 641. The predicted molar refractivity (Wildman–Crippen MR) is 75.1 cm³/mol. The van der Waals surface area contributed by atoms with Gasteiger partial charge in [-0.25, -0.2) is 9.82 Å². The monoisotopic (exact) mass is 291 g/mol. The number of carbonyl (C=O) groups excluding carboxylic acids is 2. The summed E-state index contributed by atoms with van der Waals surface area (Å²) in [5.41, 5.74) is 2.00. The molecule has 0 atom stereocenters. The molecule has 0 aliphatic heterocycles. The highest BCUT2D eigenvalue weighted by Gasteiger charge is 2.14. The third-order valence-electron chi connectivity index (χ3n) is 2.23. The highest BCUT2D eigenvalue weighted by atomic mass is 32.1. The van der Waals surface area contributed by atoms with E-state index < -0.39 is 17.6 Å². The summed E-state index contributed by atoms with van der Waals surface area (Å²) in [6, 6.07) is 9.21. The highest BCUT2D eigenvalue weighted by Crippen LogP contribution is 2.11. The van der Waals surface area contributed by atoms with E-state index in [1.807, 2.05) is 11.4 Å². The van der Waals surface area contributed by atoms with Gasteiger partial charge in [0.05, 0.1) is 11.9 Å². The van der Waals surface area contributed by atoms with Crippen LogP contribution in [-0.4, -0.2) is 18.0 Å². The minimum Gasteiger partial charge on any atom is -0.315 e. The molecule has 2 rings (SSSR count). The lowest BCUT2D eigenvalue weighted by molar-refractivity contribution is -0.136. The molecule has 0 saturated carbocycles. The van der Waals surface area contributed by atoms with Gasteiger partial charge < -0.3 is 5.32 Å². The summed E-state index contributed by atoms with van der Waals surface area (Å²) in [5.74, 6) is -2.57. The number of hydrogen-bond donors (Lipinski definition) is 2. The van der Waals surface area contributed by atoms with E-state index in [0.29, 0.717) is 0 Å². The van der Waals surface area contributed by atoms with E-state index in [4.69, 9.17) is 0 Å². The second kappa shape index (κ2) is 6.58. The van der Waals surface area contributed by atoms with Crippen molar-refractivity contribution >= 4 is 35.1 Å². The van der Waals surface area contributed by atoms with Gasteiger partial charge in [0.25, 0.3) is 0 Å². The van der Waals surface area contributed by atoms with E-state index >= 15 is 0 Å². The van der Waals surface area contributed by atoms with Crippen LogP contribution in [0.2, 0.25) is 0 Å². The molecule has 0 spiro atoms. The van der Waals surface area contributed by atoms with Crippen molar-refractivity contribution in [2.45, 2.75) is 0 Å². The number of nitrogens with zero attached hydrogens (tertiary/aromatic N) is 1. The van der Waals surface area contributed by atoms with Crippen molar-refractivity contribution < 1.29 is 14.0 Å². The summed E-state index contributed by atoms with van der Waals surface area (Å²) < 4.78 is 13.3. The van der Waals surface area contributed by atoms with E-state index in [9.17, 15) is 14.0 Å². The summed E-state index contributed by atoms with van der Waals surface area (Å²) in [7, 11) is 0. The molecule has 0 bridgehead atoms. The van der Waals surface area contributed by atoms with Crippen LogP contribution < -0.4 is 10.7 Å². The van der Waals surface area contributed by atoms with Crippen molar-refractivity contribution in [1.29, 1.82) is 0 Å². The predicted octanol–water partition coefficient (Wildman–Crippen LogP) is 1.98. The van der Waals surface area contributed by atoms with Crippen LogP contribution >= 0.6 is 11.3 Å². The lowest BCUT2D eigenvalue weighted by atomic mass is 10.3. The maximum absolute atomic E-state index is 13.3. The molecule has 0 aliphatic carbocycles. The van der Waals surface area contributed by atoms with Gasteiger partial charge >= 0.3 is 11.8 Å². The second-order valence-corrected chi connectivity index (χ2v) is 4.63. The average Bonchev–Trinajstić information content (AvgIpc) is 2.94. The number of amides is 2. The normalized spacial score (nSPS) is 10.4. The number of anilines is 1. The smallest absolute Gasteiger partial charge is 0.315 e. The highest BCUT2D eigenvalue weighted by molar-refractivity contribution is 7.11. The van der Waals surface area contributed by atoms with E-state index in [0.717, 1.165) is 4.88 Å². The third kappa shape index (κ3) is 3.72. The van der Waals surface area contributed by atoms with Gasteiger partial charge in [0.15, 0.2) is 0 Å². The molecule has 0 unspecified atom stereocenters. The molecule has 0 fully saturated rings. The number of halogens is 1. The minimum atomic E-state index is -0.988. The quantitative estimate of drug-likeness (QED) is 0.515. The number of rotatable bonds is 3. The molecule has 0 aliphatic rings. The fourth-order valence-corrected chi connectivity index (χ4v) is 1.90. The maximum atomic E-state index is 13.3. The van der Waals surface area contributed by atoms with Crippen LogP contribution in [0.3, 0.4) is 0 Å². The topological polar surface area (TPSA) is 70.6 Å². The molecule has 5 nitrogen and oxygen atoms in total. The van der Waals surface area contributed by atoms with Crippen molar-refractivity contribution in [2.75, 3.05) is 5.32 Å². The first kappa shape index (κ1) is 13.9. The number of benzene rings is 1. The fraction of sp³-hybridized carbons (Fsp3) is 0. The minimum absolute atomic E-state index is 0.0603. The molecular formula is C13H10FN3O2S. The van der Waals surface area contributed by atoms with E-state index in [1.165, 1.54) is 35.8 Å². The van der Waals surface area contributed by atoms with Crippen LogP contribution in [0.5, 0.6) is 0 Å². The van der Waals surface area contributed by atoms with E-state index in [-0.39, 0.29) is 5.69 Å². The van der Waals surface area contributed by atoms with Crippen molar-refractivity contribution in [3.8, 4) is 0 Å². The van der Waals surface area contributed by atoms with Crippen LogP contribution in [-0.2, 0) is 9.59 Å². The molecule has 2 amide bonds. The van der Waals surface area contributed by atoms with Gasteiger partial charge in [-0.3, -0.25) is 9.59 Å². The summed E-state index contributed by atoms with van der Waals surface area (Å²) in [4.78, 5) is 23.8. The van der Waals surface area contributed by atoms with Gasteiger partial charge in [-0.15, -0.1) is 11.3 Å². The summed E-state index contributed by atoms with van der Waals surface area (Å²) in [6.45, 7) is 0. The molecule has 20 heavy (non-hydrogen) atoms. The molecule has 1 aromatic carbocycles.